The minimum Gasteiger partial charge on any atom is -0.493 e. The van der Waals surface area contributed by atoms with E-state index >= 15 is 0 Å². The molecule has 0 saturated carbocycles. The van der Waals surface area contributed by atoms with Gasteiger partial charge in [0.15, 0.2) is 17.3 Å². The van der Waals surface area contributed by atoms with Crippen molar-refractivity contribution in [3.05, 3.63) is 66.5 Å². The second-order valence-corrected chi connectivity index (χ2v) is 7.40. The van der Waals surface area contributed by atoms with Crippen molar-refractivity contribution >= 4 is 11.6 Å². The molecule has 0 radical (unpaired) electrons. The van der Waals surface area contributed by atoms with Gasteiger partial charge in [-0.05, 0) is 55.3 Å². The van der Waals surface area contributed by atoms with Gasteiger partial charge in [-0.25, -0.2) is 0 Å². The van der Waals surface area contributed by atoms with Gasteiger partial charge in [-0.1, -0.05) is 19.1 Å². The Morgan fingerprint density at radius 1 is 1.13 bits per heavy atom. The van der Waals surface area contributed by atoms with E-state index in [1.165, 1.54) is 6.42 Å². The van der Waals surface area contributed by atoms with Gasteiger partial charge in [0.2, 0.25) is 0 Å². The Hall–Kier alpha value is -3.61. The molecule has 0 bridgehead atoms. The lowest BCUT2D eigenvalue weighted by molar-refractivity contribution is 0.102. The van der Waals surface area contributed by atoms with E-state index in [1.54, 1.807) is 31.4 Å². The van der Waals surface area contributed by atoms with Gasteiger partial charge in [0, 0.05) is 29.8 Å². The molecule has 2 aromatic carbocycles. The minimum absolute atomic E-state index is 0.224. The van der Waals surface area contributed by atoms with Crippen LogP contribution in [-0.2, 0) is 13.0 Å². The zero-order valence-electron chi connectivity index (χ0n) is 17.6. The van der Waals surface area contributed by atoms with E-state index in [-0.39, 0.29) is 5.91 Å². The van der Waals surface area contributed by atoms with Gasteiger partial charge in [0.25, 0.3) is 5.91 Å². The fourth-order valence-corrected chi connectivity index (χ4v) is 3.68. The number of carbonyl (C=O) groups is 1. The molecule has 7 heteroatoms. The Bertz CT molecular complexity index is 1070. The van der Waals surface area contributed by atoms with Crippen molar-refractivity contribution in [3.8, 4) is 22.9 Å². The number of fused-ring (bicyclic) bond motifs is 1. The Balaban J connectivity index is 1.47. The summed E-state index contributed by atoms with van der Waals surface area (Å²) in [6, 6.07) is 12.8. The zero-order chi connectivity index (χ0) is 21.6. The topological polar surface area (TPSA) is 78.3 Å². The predicted octanol–water partition coefficient (Wildman–Crippen LogP) is 4.50. The number of ether oxygens (including phenoxy) is 2. The van der Waals surface area contributed by atoms with Gasteiger partial charge in [0.1, 0.15) is 12.4 Å². The van der Waals surface area contributed by atoms with Crippen molar-refractivity contribution in [1.29, 1.82) is 0 Å². The number of methoxy groups -OCH3 is 1. The molecular weight excluding hydrogens is 392 g/mol. The number of carbonyl (C=O) groups excluding carboxylic acids is 1. The van der Waals surface area contributed by atoms with Crippen LogP contribution in [-0.4, -0.2) is 34.4 Å². The van der Waals surface area contributed by atoms with Crippen molar-refractivity contribution in [2.24, 2.45) is 0 Å². The van der Waals surface area contributed by atoms with E-state index in [0.29, 0.717) is 29.4 Å². The summed E-state index contributed by atoms with van der Waals surface area (Å²) in [5.41, 5.74) is 2.18. The second kappa shape index (κ2) is 9.47. The molecule has 0 aliphatic carbocycles. The number of nitrogens with zero attached hydrogens (tertiary/aromatic N) is 3. The highest BCUT2D eigenvalue weighted by atomic mass is 16.5. The average molecular weight is 418 g/mol. The van der Waals surface area contributed by atoms with Crippen LogP contribution in [0.25, 0.3) is 11.4 Å². The van der Waals surface area contributed by atoms with Crippen LogP contribution < -0.4 is 14.8 Å². The normalized spacial score (nSPS) is 13.1. The van der Waals surface area contributed by atoms with Crippen LogP contribution in [0, 0.1) is 0 Å². The molecule has 1 aliphatic rings. The monoisotopic (exact) mass is 418 g/mol. The summed E-state index contributed by atoms with van der Waals surface area (Å²) < 4.78 is 13.1. The molecule has 0 atom stereocenters. The Morgan fingerprint density at radius 2 is 1.97 bits per heavy atom. The zero-order valence-corrected chi connectivity index (χ0v) is 17.6. The number of aromatic nitrogens is 3. The number of anilines is 1. The van der Waals surface area contributed by atoms with Crippen LogP contribution in [0.4, 0.5) is 5.69 Å². The molecule has 7 nitrogen and oxygen atoms in total. The lowest BCUT2D eigenvalue weighted by Crippen LogP contribution is -2.12. The second-order valence-electron chi connectivity index (χ2n) is 7.40. The molecule has 3 aromatic rings. The molecular formula is C24H26N4O3. The third-order valence-corrected chi connectivity index (χ3v) is 5.29. The first-order valence-electron chi connectivity index (χ1n) is 10.4. The summed E-state index contributed by atoms with van der Waals surface area (Å²) in [5, 5.41) is 11.7. The van der Waals surface area contributed by atoms with Crippen molar-refractivity contribution in [2.75, 3.05) is 19.0 Å². The Kier molecular flexibility index (Phi) is 6.31. The number of nitrogens with one attached hydrogen (secondary N) is 1. The van der Waals surface area contributed by atoms with E-state index < -0.39 is 0 Å². The summed E-state index contributed by atoms with van der Waals surface area (Å²) in [6.07, 6.45) is 6.16. The Labute approximate surface area is 181 Å². The number of hydrogen-bond acceptors (Lipinski definition) is 5. The molecule has 160 valence electrons. The van der Waals surface area contributed by atoms with Gasteiger partial charge in [-0.15, -0.1) is 10.2 Å². The van der Waals surface area contributed by atoms with Gasteiger partial charge in [-0.2, -0.15) is 0 Å². The lowest BCUT2D eigenvalue weighted by Gasteiger charge is -2.12. The Morgan fingerprint density at radius 3 is 2.74 bits per heavy atom. The highest BCUT2D eigenvalue weighted by molar-refractivity contribution is 6.04. The minimum atomic E-state index is -0.224. The molecule has 1 amide bonds. The molecule has 4 rings (SSSR count). The summed E-state index contributed by atoms with van der Waals surface area (Å²) >= 11 is 0. The van der Waals surface area contributed by atoms with Crippen LogP contribution in [0.15, 0.2) is 55.1 Å². The third-order valence-electron chi connectivity index (χ3n) is 5.29. The fraction of sp³-hybridized carbons (Fsp3) is 0.292. The van der Waals surface area contributed by atoms with E-state index in [1.807, 2.05) is 24.3 Å². The van der Waals surface area contributed by atoms with Gasteiger partial charge < -0.3 is 19.4 Å². The molecule has 1 aromatic heterocycles. The molecule has 31 heavy (non-hydrogen) atoms. The summed E-state index contributed by atoms with van der Waals surface area (Å²) in [5.74, 6) is 2.78. The average Bonchev–Trinajstić information content (AvgIpc) is 3.05. The molecule has 0 spiro atoms. The highest BCUT2D eigenvalue weighted by Crippen LogP contribution is 2.29. The van der Waals surface area contributed by atoms with Crippen LogP contribution in [0.3, 0.4) is 0 Å². The smallest absolute Gasteiger partial charge is 0.255 e. The van der Waals surface area contributed by atoms with Gasteiger partial charge in [0.05, 0.1) is 7.11 Å². The SMILES string of the molecule is C=CCOc1ccc(C(=O)Nc2ccc(-c3nnc4n3CCCCC4)cc2)cc1OC. The van der Waals surface area contributed by atoms with E-state index in [9.17, 15) is 4.79 Å². The number of amides is 1. The first-order valence-corrected chi connectivity index (χ1v) is 10.4. The number of benzene rings is 2. The van der Waals surface area contributed by atoms with Crippen LogP contribution in [0.2, 0.25) is 0 Å². The molecule has 1 N–H and O–H groups in total. The number of rotatable bonds is 7. The van der Waals surface area contributed by atoms with Crippen LogP contribution in [0.5, 0.6) is 11.5 Å². The first-order chi connectivity index (χ1) is 15.2. The van der Waals surface area contributed by atoms with Gasteiger partial charge in [-0.3, -0.25) is 4.79 Å². The maximum absolute atomic E-state index is 12.7. The van der Waals surface area contributed by atoms with Crippen molar-refractivity contribution in [2.45, 2.75) is 32.2 Å². The van der Waals surface area contributed by atoms with Crippen LogP contribution >= 0.6 is 0 Å². The van der Waals surface area contributed by atoms with Gasteiger partial charge >= 0.3 is 0 Å². The summed E-state index contributed by atoms with van der Waals surface area (Å²) in [6.45, 7) is 4.95. The fourth-order valence-electron chi connectivity index (χ4n) is 3.68. The first kappa shape index (κ1) is 20.7. The summed E-state index contributed by atoms with van der Waals surface area (Å²) in [7, 11) is 1.54. The number of hydrogen-bond donors (Lipinski definition) is 1. The molecule has 0 saturated heterocycles. The van der Waals surface area contributed by atoms with Crippen LogP contribution in [0.1, 0.15) is 35.4 Å². The highest BCUT2D eigenvalue weighted by Gasteiger charge is 2.16. The van der Waals surface area contributed by atoms with E-state index in [0.717, 1.165) is 43.0 Å². The molecule has 0 fully saturated rings. The largest absolute Gasteiger partial charge is 0.493 e. The summed E-state index contributed by atoms with van der Waals surface area (Å²) in [4.78, 5) is 12.7. The standard InChI is InChI=1S/C24H26N4O3/c1-3-15-31-20-13-10-18(16-21(20)30-2)24(29)25-19-11-8-17(9-12-19)23-27-26-22-7-5-4-6-14-28(22)23/h3,8-13,16H,1,4-7,14-15H2,2H3,(H,25,29). The quantitative estimate of drug-likeness (QED) is 0.572. The predicted molar refractivity (Wildman–Crippen MR) is 120 cm³/mol. The van der Waals surface area contributed by atoms with E-state index in [2.05, 4.69) is 26.7 Å². The van der Waals surface area contributed by atoms with Crippen molar-refractivity contribution in [1.82, 2.24) is 14.8 Å². The maximum atomic E-state index is 12.7. The van der Waals surface area contributed by atoms with Crippen molar-refractivity contribution < 1.29 is 14.3 Å². The third kappa shape index (κ3) is 4.60. The molecule has 1 aliphatic heterocycles. The maximum Gasteiger partial charge on any atom is 0.255 e. The molecule has 2 heterocycles. The lowest BCUT2D eigenvalue weighted by atomic mass is 10.1. The van der Waals surface area contributed by atoms with E-state index in [4.69, 9.17) is 9.47 Å². The molecule has 0 unspecified atom stereocenters. The number of aryl methyl sites for hydroxylation is 1. The van der Waals surface area contributed by atoms with Crippen molar-refractivity contribution in [3.63, 3.8) is 0 Å².